The summed E-state index contributed by atoms with van der Waals surface area (Å²) in [7, 11) is 1.43. The summed E-state index contributed by atoms with van der Waals surface area (Å²) in [6.45, 7) is 3.44. The molecule has 0 unspecified atom stereocenters. The van der Waals surface area contributed by atoms with Crippen molar-refractivity contribution in [1.82, 2.24) is 15.1 Å². The summed E-state index contributed by atoms with van der Waals surface area (Å²) in [4.78, 5) is 23.6. The molecule has 0 aliphatic heterocycles. The zero-order valence-electron chi connectivity index (χ0n) is 13.2. The molecular weight excluding hydrogens is 298 g/mol. The van der Waals surface area contributed by atoms with Crippen LogP contribution in [0.25, 0.3) is 5.69 Å². The number of benzene rings is 1. The SMILES string of the molecule is COc1cn(-c2ccccc2)nc1C(=O)N[C@@H](C(=O)O)C(C)C. The van der Waals surface area contributed by atoms with Crippen LogP contribution in [0.1, 0.15) is 24.3 Å². The van der Waals surface area contributed by atoms with E-state index in [0.29, 0.717) is 0 Å². The predicted molar refractivity (Wildman–Crippen MR) is 83.8 cm³/mol. The van der Waals surface area contributed by atoms with Crippen molar-refractivity contribution in [2.75, 3.05) is 7.11 Å². The third-order valence-electron chi connectivity index (χ3n) is 3.36. The first-order valence-electron chi connectivity index (χ1n) is 7.16. The van der Waals surface area contributed by atoms with Crippen LogP contribution in [0, 0.1) is 5.92 Å². The first kappa shape index (κ1) is 16.5. The van der Waals surface area contributed by atoms with E-state index >= 15 is 0 Å². The Labute approximate surface area is 133 Å². The van der Waals surface area contributed by atoms with Gasteiger partial charge >= 0.3 is 5.97 Å². The third-order valence-corrected chi connectivity index (χ3v) is 3.36. The van der Waals surface area contributed by atoms with Gasteiger partial charge in [0.1, 0.15) is 6.04 Å². The first-order valence-corrected chi connectivity index (χ1v) is 7.16. The normalized spacial score (nSPS) is 12.0. The molecule has 7 heteroatoms. The number of nitrogens with zero attached hydrogens (tertiary/aromatic N) is 2. The van der Waals surface area contributed by atoms with Crippen LogP contribution in [0.2, 0.25) is 0 Å². The number of carboxylic acids is 1. The molecule has 2 aromatic rings. The zero-order valence-corrected chi connectivity index (χ0v) is 13.2. The summed E-state index contributed by atoms with van der Waals surface area (Å²) >= 11 is 0. The number of aromatic nitrogens is 2. The molecule has 2 N–H and O–H groups in total. The Morgan fingerprint density at radius 3 is 2.43 bits per heavy atom. The van der Waals surface area contributed by atoms with Crippen molar-refractivity contribution in [1.29, 1.82) is 0 Å². The van der Waals surface area contributed by atoms with E-state index in [0.717, 1.165) is 5.69 Å². The second-order valence-electron chi connectivity index (χ2n) is 5.36. The van der Waals surface area contributed by atoms with Crippen LogP contribution >= 0.6 is 0 Å². The number of carboxylic acid groups (broad SMARTS) is 1. The van der Waals surface area contributed by atoms with Crippen LogP contribution in [0.4, 0.5) is 0 Å². The average Bonchev–Trinajstić information content (AvgIpc) is 2.97. The Kier molecular flexibility index (Phi) is 5.00. The molecule has 1 aromatic heterocycles. The van der Waals surface area contributed by atoms with E-state index in [-0.39, 0.29) is 17.4 Å². The van der Waals surface area contributed by atoms with Gasteiger partial charge in [0.15, 0.2) is 11.4 Å². The van der Waals surface area contributed by atoms with E-state index in [1.54, 1.807) is 20.0 Å². The Bertz CT molecular complexity index is 695. The highest BCUT2D eigenvalue weighted by Gasteiger charge is 2.27. The third kappa shape index (κ3) is 3.68. The van der Waals surface area contributed by atoms with E-state index in [1.165, 1.54) is 11.8 Å². The molecule has 1 amide bonds. The van der Waals surface area contributed by atoms with E-state index in [1.807, 2.05) is 30.3 Å². The first-order chi connectivity index (χ1) is 10.9. The van der Waals surface area contributed by atoms with Crippen LogP contribution in [0.15, 0.2) is 36.5 Å². The number of rotatable bonds is 6. The standard InChI is InChI=1S/C16H19N3O4/c1-10(2)13(16(21)22)17-15(20)14-12(23-3)9-19(18-14)11-7-5-4-6-8-11/h4-10,13H,1-3H3,(H,17,20)(H,21,22)/t13-/m1/s1. The maximum absolute atomic E-state index is 12.4. The minimum absolute atomic E-state index is 0.0447. The lowest BCUT2D eigenvalue weighted by molar-refractivity contribution is -0.140. The molecule has 1 atom stereocenters. The minimum atomic E-state index is -1.09. The van der Waals surface area contributed by atoms with Crippen molar-refractivity contribution < 1.29 is 19.4 Å². The number of hydrogen-bond donors (Lipinski definition) is 2. The number of carbonyl (C=O) groups is 2. The molecule has 0 bridgehead atoms. The van der Waals surface area contributed by atoms with Gasteiger partial charge < -0.3 is 15.2 Å². The number of aliphatic carboxylic acids is 1. The molecular formula is C16H19N3O4. The van der Waals surface area contributed by atoms with Crippen LogP contribution in [-0.2, 0) is 4.79 Å². The van der Waals surface area contributed by atoms with Gasteiger partial charge in [-0.15, -0.1) is 0 Å². The molecule has 0 saturated heterocycles. The molecule has 0 fully saturated rings. The monoisotopic (exact) mass is 317 g/mol. The number of carbonyl (C=O) groups excluding carboxylic acids is 1. The van der Waals surface area contributed by atoms with Gasteiger partial charge in [-0.1, -0.05) is 32.0 Å². The van der Waals surface area contributed by atoms with Gasteiger partial charge in [0.25, 0.3) is 5.91 Å². The van der Waals surface area contributed by atoms with Crippen molar-refractivity contribution in [2.24, 2.45) is 5.92 Å². The number of methoxy groups -OCH3 is 1. The number of amides is 1. The maximum Gasteiger partial charge on any atom is 0.326 e. The molecule has 0 spiro atoms. The van der Waals surface area contributed by atoms with E-state index in [4.69, 9.17) is 4.74 Å². The minimum Gasteiger partial charge on any atom is -0.493 e. The Balaban J connectivity index is 2.30. The van der Waals surface area contributed by atoms with Crippen LogP contribution in [-0.4, -0.2) is 39.9 Å². The largest absolute Gasteiger partial charge is 0.493 e. The Morgan fingerprint density at radius 1 is 1.26 bits per heavy atom. The average molecular weight is 317 g/mol. The highest BCUT2D eigenvalue weighted by atomic mass is 16.5. The van der Waals surface area contributed by atoms with Gasteiger partial charge in [-0.25, -0.2) is 9.48 Å². The number of para-hydroxylation sites is 1. The fraction of sp³-hybridized carbons (Fsp3) is 0.312. The van der Waals surface area contributed by atoms with Gasteiger partial charge in [-0.05, 0) is 18.1 Å². The van der Waals surface area contributed by atoms with Gasteiger partial charge in [-0.3, -0.25) is 4.79 Å². The summed E-state index contributed by atoms with van der Waals surface area (Å²) < 4.78 is 6.69. The van der Waals surface area contributed by atoms with Gasteiger partial charge in [-0.2, -0.15) is 5.10 Å². The molecule has 122 valence electrons. The zero-order chi connectivity index (χ0) is 17.0. The van der Waals surface area contributed by atoms with E-state index < -0.39 is 17.9 Å². The molecule has 2 rings (SSSR count). The van der Waals surface area contributed by atoms with Crippen molar-refractivity contribution in [3.63, 3.8) is 0 Å². The molecule has 23 heavy (non-hydrogen) atoms. The van der Waals surface area contributed by atoms with Gasteiger partial charge in [0, 0.05) is 0 Å². The van der Waals surface area contributed by atoms with Gasteiger partial charge in [0.2, 0.25) is 0 Å². The van der Waals surface area contributed by atoms with Crippen LogP contribution < -0.4 is 10.1 Å². The number of hydrogen-bond acceptors (Lipinski definition) is 4. The maximum atomic E-state index is 12.4. The summed E-state index contributed by atoms with van der Waals surface area (Å²) in [5, 5.41) is 15.9. The smallest absolute Gasteiger partial charge is 0.326 e. The number of ether oxygens (including phenoxy) is 1. The van der Waals surface area contributed by atoms with Crippen molar-refractivity contribution in [3.05, 3.63) is 42.2 Å². The summed E-state index contributed by atoms with van der Waals surface area (Å²) in [5.41, 5.74) is 0.812. The summed E-state index contributed by atoms with van der Waals surface area (Å²) in [6.07, 6.45) is 1.58. The summed E-state index contributed by atoms with van der Waals surface area (Å²) in [6, 6.07) is 8.25. The lowest BCUT2D eigenvalue weighted by atomic mass is 10.0. The second-order valence-corrected chi connectivity index (χ2v) is 5.36. The highest BCUT2D eigenvalue weighted by molar-refractivity contribution is 5.97. The molecule has 0 aliphatic carbocycles. The topological polar surface area (TPSA) is 93.5 Å². The molecule has 0 radical (unpaired) electrons. The van der Waals surface area contributed by atoms with E-state index in [9.17, 15) is 14.7 Å². The Hall–Kier alpha value is -2.83. The van der Waals surface area contributed by atoms with Crippen molar-refractivity contribution in [2.45, 2.75) is 19.9 Å². The van der Waals surface area contributed by atoms with Crippen LogP contribution in [0.5, 0.6) is 5.75 Å². The van der Waals surface area contributed by atoms with Crippen LogP contribution in [0.3, 0.4) is 0 Å². The highest BCUT2D eigenvalue weighted by Crippen LogP contribution is 2.19. The molecule has 1 aromatic carbocycles. The second kappa shape index (κ2) is 6.95. The van der Waals surface area contributed by atoms with E-state index in [2.05, 4.69) is 10.4 Å². The molecule has 1 heterocycles. The molecule has 7 nitrogen and oxygen atoms in total. The fourth-order valence-electron chi connectivity index (χ4n) is 2.10. The van der Waals surface area contributed by atoms with Crippen molar-refractivity contribution in [3.8, 4) is 11.4 Å². The lowest BCUT2D eigenvalue weighted by Gasteiger charge is -2.17. The fourth-order valence-corrected chi connectivity index (χ4v) is 2.10. The Morgan fingerprint density at radius 2 is 1.91 bits per heavy atom. The lowest BCUT2D eigenvalue weighted by Crippen LogP contribution is -2.44. The quantitative estimate of drug-likeness (QED) is 0.846. The number of nitrogens with one attached hydrogen (secondary N) is 1. The predicted octanol–water partition coefficient (Wildman–Crippen LogP) is 1.72. The summed E-state index contributed by atoms with van der Waals surface area (Å²) in [5.74, 6) is -1.65. The van der Waals surface area contributed by atoms with Crippen molar-refractivity contribution >= 4 is 11.9 Å². The van der Waals surface area contributed by atoms with Gasteiger partial charge in [0.05, 0.1) is 19.0 Å². The molecule has 0 saturated carbocycles. The molecule has 0 aliphatic rings.